The van der Waals surface area contributed by atoms with E-state index in [0.29, 0.717) is 6.04 Å². The first-order chi connectivity index (χ1) is 7.70. The molecule has 0 aromatic carbocycles. The van der Waals surface area contributed by atoms with Crippen molar-refractivity contribution >= 4 is 5.97 Å². The lowest BCUT2D eigenvalue weighted by atomic mass is 9.82. The van der Waals surface area contributed by atoms with E-state index in [-0.39, 0.29) is 5.97 Å². The number of likely N-dealkylation sites (N-methyl/N-ethyl adjacent to an activating group) is 1. The minimum Gasteiger partial charge on any atom is -0.468 e. The molecule has 2 aliphatic heterocycles. The third-order valence-electron chi connectivity index (χ3n) is 4.08. The standard InChI is InChI=1S/C12H22N2O2/c1-14-9-4-3-6-10(14)12(11(15)16-2)7-5-8-13-12/h10,13H,3-9H2,1-2H3. The van der Waals surface area contributed by atoms with Crippen molar-refractivity contribution in [3.05, 3.63) is 0 Å². The van der Waals surface area contributed by atoms with Crippen molar-refractivity contribution in [2.45, 2.75) is 43.7 Å². The van der Waals surface area contributed by atoms with Gasteiger partial charge < -0.3 is 15.0 Å². The number of piperidine rings is 1. The van der Waals surface area contributed by atoms with E-state index in [9.17, 15) is 4.79 Å². The minimum absolute atomic E-state index is 0.0799. The van der Waals surface area contributed by atoms with Gasteiger partial charge in [-0.15, -0.1) is 0 Å². The maximum absolute atomic E-state index is 12.1. The summed E-state index contributed by atoms with van der Waals surface area (Å²) in [5, 5.41) is 3.40. The zero-order valence-corrected chi connectivity index (χ0v) is 10.3. The van der Waals surface area contributed by atoms with E-state index in [1.165, 1.54) is 20.0 Å². The average molecular weight is 226 g/mol. The molecule has 4 heteroatoms. The van der Waals surface area contributed by atoms with Gasteiger partial charge in [0.2, 0.25) is 0 Å². The quantitative estimate of drug-likeness (QED) is 0.706. The molecule has 0 bridgehead atoms. The summed E-state index contributed by atoms with van der Waals surface area (Å²) in [4.78, 5) is 14.4. The van der Waals surface area contributed by atoms with Gasteiger partial charge in [0.15, 0.2) is 0 Å². The van der Waals surface area contributed by atoms with Crippen molar-refractivity contribution in [2.75, 3.05) is 27.2 Å². The first kappa shape index (κ1) is 11.9. The molecule has 92 valence electrons. The molecule has 4 nitrogen and oxygen atoms in total. The van der Waals surface area contributed by atoms with Crippen LogP contribution in [0, 0.1) is 0 Å². The van der Waals surface area contributed by atoms with Gasteiger partial charge in [-0.25, -0.2) is 4.79 Å². The van der Waals surface area contributed by atoms with E-state index in [2.05, 4.69) is 17.3 Å². The molecule has 2 saturated heterocycles. The Morgan fingerprint density at radius 2 is 2.25 bits per heavy atom. The largest absolute Gasteiger partial charge is 0.468 e. The number of esters is 1. The molecule has 0 aromatic rings. The van der Waals surface area contributed by atoms with E-state index >= 15 is 0 Å². The Bertz CT molecular complexity index is 262. The molecule has 2 unspecified atom stereocenters. The number of nitrogens with zero attached hydrogens (tertiary/aromatic N) is 1. The van der Waals surface area contributed by atoms with Crippen molar-refractivity contribution in [1.82, 2.24) is 10.2 Å². The van der Waals surface area contributed by atoms with E-state index in [4.69, 9.17) is 4.74 Å². The van der Waals surface area contributed by atoms with Gasteiger partial charge in [0.1, 0.15) is 5.54 Å². The first-order valence-corrected chi connectivity index (χ1v) is 6.24. The topological polar surface area (TPSA) is 41.6 Å². The van der Waals surface area contributed by atoms with Gasteiger partial charge in [0.05, 0.1) is 7.11 Å². The number of ether oxygens (including phenoxy) is 1. The van der Waals surface area contributed by atoms with Crippen LogP contribution in [0.2, 0.25) is 0 Å². The minimum atomic E-state index is -0.441. The Balaban J connectivity index is 2.20. The summed E-state index contributed by atoms with van der Waals surface area (Å²) in [7, 11) is 3.61. The molecular weight excluding hydrogens is 204 g/mol. The second-order valence-electron chi connectivity index (χ2n) is 4.99. The fourth-order valence-corrected chi connectivity index (χ4v) is 3.24. The smallest absolute Gasteiger partial charge is 0.327 e. The molecule has 2 heterocycles. The summed E-state index contributed by atoms with van der Waals surface area (Å²) in [5.41, 5.74) is -0.441. The lowest BCUT2D eigenvalue weighted by molar-refractivity contribution is -0.151. The molecule has 0 amide bonds. The van der Waals surface area contributed by atoms with E-state index in [1.807, 2.05) is 0 Å². The van der Waals surface area contributed by atoms with Crippen LogP contribution in [0.15, 0.2) is 0 Å². The summed E-state index contributed by atoms with van der Waals surface area (Å²) >= 11 is 0. The maximum Gasteiger partial charge on any atom is 0.327 e. The number of carbonyl (C=O) groups is 1. The molecule has 2 fully saturated rings. The number of nitrogens with one attached hydrogen (secondary N) is 1. The van der Waals surface area contributed by atoms with Crippen LogP contribution >= 0.6 is 0 Å². The van der Waals surface area contributed by atoms with Crippen LogP contribution < -0.4 is 5.32 Å². The molecule has 2 atom stereocenters. The average Bonchev–Trinajstić information content (AvgIpc) is 2.79. The molecule has 16 heavy (non-hydrogen) atoms. The molecule has 0 saturated carbocycles. The van der Waals surface area contributed by atoms with Crippen molar-refractivity contribution in [3.63, 3.8) is 0 Å². The second-order valence-corrected chi connectivity index (χ2v) is 4.99. The van der Waals surface area contributed by atoms with Crippen LogP contribution in [-0.2, 0) is 9.53 Å². The van der Waals surface area contributed by atoms with E-state index in [0.717, 1.165) is 32.4 Å². The molecule has 2 rings (SSSR count). The first-order valence-electron chi connectivity index (χ1n) is 6.24. The lowest BCUT2D eigenvalue weighted by Gasteiger charge is -2.43. The van der Waals surface area contributed by atoms with Crippen LogP contribution in [0.4, 0.5) is 0 Å². The SMILES string of the molecule is COC(=O)C1(C2CCCCN2C)CCCN1. The molecule has 0 aliphatic carbocycles. The lowest BCUT2D eigenvalue weighted by Crippen LogP contribution is -2.63. The van der Waals surface area contributed by atoms with Crippen LogP contribution in [-0.4, -0.2) is 49.7 Å². The van der Waals surface area contributed by atoms with Crippen molar-refractivity contribution in [2.24, 2.45) is 0 Å². The fourth-order valence-electron chi connectivity index (χ4n) is 3.24. The zero-order valence-electron chi connectivity index (χ0n) is 10.3. The number of likely N-dealkylation sites (tertiary alicyclic amines) is 1. The molecule has 1 N–H and O–H groups in total. The molecular formula is C12H22N2O2. The molecule has 0 radical (unpaired) electrons. The third-order valence-corrected chi connectivity index (χ3v) is 4.08. The number of rotatable bonds is 2. The Morgan fingerprint density at radius 1 is 1.44 bits per heavy atom. The van der Waals surface area contributed by atoms with Gasteiger partial charge >= 0.3 is 5.97 Å². The maximum atomic E-state index is 12.1. The highest BCUT2D eigenvalue weighted by Crippen LogP contribution is 2.32. The Labute approximate surface area is 97.3 Å². The molecule has 0 spiro atoms. The van der Waals surface area contributed by atoms with E-state index < -0.39 is 5.54 Å². The van der Waals surface area contributed by atoms with Crippen molar-refractivity contribution in [3.8, 4) is 0 Å². The number of hydrogen-bond donors (Lipinski definition) is 1. The highest BCUT2D eigenvalue weighted by atomic mass is 16.5. The van der Waals surface area contributed by atoms with Gasteiger partial charge in [-0.1, -0.05) is 6.42 Å². The predicted molar refractivity (Wildman–Crippen MR) is 62.3 cm³/mol. The van der Waals surface area contributed by atoms with Crippen LogP contribution in [0.25, 0.3) is 0 Å². The summed E-state index contributed by atoms with van der Waals surface area (Å²) in [6, 6.07) is 0.302. The summed E-state index contributed by atoms with van der Waals surface area (Å²) in [5.74, 6) is -0.0799. The van der Waals surface area contributed by atoms with Crippen LogP contribution in [0.1, 0.15) is 32.1 Å². The number of methoxy groups -OCH3 is 1. The predicted octanol–water partition coefficient (Wildman–Crippen LogP) is 0.766. The monoisotopic (exact) mass is 226 g/mol. The van der Waals surface area contributed by atoms with Crippen LogP contribution in [0.5, 0.6) is 0 Å². The Hall–Kier alpha value is -0.610. The molecule has 2 aliphatic rings. The highest BCUT2D eigenvalue weighted by Gasteiger charge is 2.50. The number of carbonyl (C=O) groups excluding carboxylic acids is 1. The van der Waals surface area contributed by atoms with Gasteiger partial charge in [-0.3, -0.25) is 0 Å². The fraction of sp³-hybridized carbons (Fsp3) is 0.917. The Kier molecular flexibility index (Phi) is 3.50. The normalized spacial score (nSPS) is 36.2. The third kappa shape index (κ3) is 1.84. The van der Waals surface area contributed by atoms with E-state index in [1.54, 1.807) is 0 Å². The zero-order chi connectivity index (χ0) is 11.6. The summed E-state index contributed by atoms with van der Waals surface area (Å²) in [6.45, 7) is 2.02. The van der Waals surface area contributed by atoms with Crippen LogP contribution in [0.3, 0.4) is 0 Å². The van der Waals surface area contributed by atoms with Gasteiger partial charge in [0, 0.05) is 6.04 Å². The second kappa shape index (κ2) is 4.72. The summed E-state index contributed by atoms with van der Waals surface area (Å²) in [6.07, 6.45) is 5.53. The van der Waals surface area contributed by atoms with Gasteiger partial charge in [0.25, 0.3) is 0 Å². The summed E-state index contributed by atoms with van der Waals surface area (Å²) < 4.78 is 5.01. The highest BCUT2D eigenvalue weighted by molar-refractivity contribution is 5.82. The number of hydrogen-bond acceptors (Lipinski definition) is 4. The van der Waals surface area contributed by atoms with Gasteiger partial charge in [-0.05, 0) is 45.8 Å². The Morgan fingerprint density at radius 3 is 2.81 bits per heavy atom. The van der Waals surface area contributed by atoms with Crippen molar-refractivity contribution < 1.29 is 9.53 Å². The van der Waals surface area contributed by atoms with Gasteiger partial charge in [-0.2, -0.15) is 0 Å². The molecule has 0 aromatic heterocycles. The van der Waals surface area contributed by atoms with Crippen molar-refractivity contribution in [1.29, 1.82) is 0 Å².